The summed E-state index contributed by atoms with van der Waals surface area (Å²) in [4.78, 5) is 12.5. The fraction of sp³-hybridized carbons (Fsp3) is 0.500. The Morgan fingerprint density at radius 1 is 1.28 bits per heavy atom. The number of benzene rings is 1. The molecule has 0 saturated heterocycles. The monoisotopic (exact) mass is 267 g/mol. The number of hydrogen-bond acceptors (Lipinski definition) is 4. The van der Waals surface area contributed by atoms with Gasteiger partial charge in [-0.25, -0.2) is 9.10 Å². The van der Waals surface area contributed by atoms with Gasteiger partial charge in [0.05, 0.1) is 12.7 Å². The fourth-order valence-corrected chi connectivity index (χ4v) is 2.81. The third-order valence-electron chi connectivity index (χ3n) is 2.44. The van der Waals surface area contributed by atoms with E-state index in [0.29, 0.717) is 5.56 Å². The number of ether oxygens (including phenoxy) is 1. The Morgan fingerprint density at radius 3 is 2.50 bits per heavy atom. The summed E-state index contributed by atoms with van der Waals surface area (Å²) in [6, 6.07) is 7.58. The van der Waals surface area contributed by atoms with E-state index in [0.717, 1.165) is 30.8 Å². The maximum Gasteiger partial charge on any atom is 0.337 e. The minimum absolute atomic E-state index is 0.282. The third kappa shape index (κ3) is 4.70. The lowest BCUT2D eigenvalue weighted by atomic mass is 10.2. The first-order valence-corrected chi connectivity index (χ1v) is 7.09. The summed E-state index contributed by atoms with van der Waals surface area (Å²) in [5, 5.41) is 0. The highest BCUT2D eigenvalue weighted by atomic mass is 32.2. The van der Waals surface area contributed by atoms with Gasteiger partial charge < -0.3 is 4.74 Å². The van der Waals surface area contributed by atoms with E-state index in [2.05, 4.69) is 18.2 Å². The van der Waals surface area contributed by atoms with E-state index in [1.165, 1.54) is 7.11 Å². The summed E-state index contributed by atoms with van der Waals surface area (Å²) in [6.07, 6.45) is 2.26. The van der Waals surface area contributed by atoms with E-state index < -0.39 is 0 Å². The van der Waals surface area contributed by atoms with Crippen LogP contribution in [0.1, 0.15) is 37.0 Å². The predicted molar refractivity (Wildman–Crippen MR) is 75.8 cm³/mol. The van der Waals surface area contributed by atoms with Crippen molar-refractivity contribution in [3.63, 3.8) is 0 Å². The molecule has 1 rings (SSSR count). The molecule has 0 saturated carbocycles. The molecule has 0 aliphatic rings. The molecule has 0 atom stereocenters. The molecule has 18 heavy (non-hydrogen) atoms. The van der Waals surface area contributed by atoms with E-state index in [1.807, 2.05) is 18.2 Å². The van der Waals surface area contributed by atoms with Gasteiger partial charge >= 0.3 is 5.97 Å². The van der Waals surface area contributed by atoms with Crippen LogP contribution in [0.15, 0.2) is 29.2 Å². The number of rotatable bonds is 7. The number of carbonyl (C=O) groups excluding carboxylic acids is 1. The van der Waals surface area contributed by atoms with E-state index in [9.17, 15) is 4.79 Å². The molecule has 0 N–H and O–H groups in total. The first-order valence-electron chi connectivity index (χ1n) is 6.32. The lowest BCUT2D eigenvalue weighted by Gasteiger charge is -2.19. The summed E-state index contributed by atoms with van der Waals surface area (Å²) in [7, 11) is 1.41. The Hall–Kier alpha value is -1.00. The molecule has 1 aromatic rings. The van der Waals surface area contributed by atoms with Crippen LogP contribution < -0.4 is 0 Å². The van der Waals surface area contributed by atoms with E-state index in [1.54, 1.807) is 18.0 Å². The van der Waals surface area contributed by atoms with Crippen molar-refractivity contribution < 1.29 is 9.53 Å². The van der Waals surface area contributed by atoms with Crippen molar-refractivity contribution in [3.8, 4) is 0 Å². The molecule has 3 nitrogen and oxygen atoms in total. The number of methoxy groups -OCH3 is 1. The van der Waals surface area contributed by atoms with E-state index in [4.69, 9.17) is 4.74 Å². The Labute approximate surface area is 114 Å². The molecule has 0 bridgehead atoms. The van der Waals surface area contributed by atoms with Crippen LogP contribution in [0.2, 0.25) is 0 Å². The van der Waals surface area contributed by atoms with Gasteiger partial charge in [-0.2, -0.15) is 0 Å². The average Bonchev–Trinajstić information content (AvgIpc) is 2.39. The van der Waals surface area contributed by atoms with E-state index in [-0.39, 0.29) is 5.97 Å². The second-order valence-corrected chi connectivity index (χ2v) is 5.21. The molecule has 0 heterocycles. The summed E-state index contributed by atoms with van der Waals surface area (Å²) >= 11 is 1.71. The average molecular weight is 267 g/mol. The maximum absolute atomic E-state index is 11.5. The lowest BCUT2D eigenvalue weighted by molar-refractivity contribution is 0.0600. The largest absolute Gasteiger partial charge is 0.465 e. The Balaban J connectivity index is 2.73. The smallest absolute Gasteiger partial charge is 0.337 e. The molecule has 4 heteroatoms. The molecule has 0 aliphatic heterocycles. The van der Waals surface area contributed by atoms with Crippen molar-refractivity contribution in [1.29, 1.82) is 0 Å². The highest BCUT2D eigenvalue weighted by Gasteiger charge is 2.09. The van der Waals surface area contributed by atoms with Gasteiger partial charge in [-0.3, -0.25) is 0 Å². The van der Waals surface area contributed by atoms with Crippen molar-refractivity contribution in [1.82, 2.24) is 4.31 Å². The minimum Gasteiger partial charge on any atom is -0.465 e. The van der Waals surface area contributed by atoms with Crippen LogP contribution >= 0.6 is 11.9 Å². The third-order valence-corrected chi connectivity index (χ3v) is 3.52. The number of nitrogens with zero attached hydrogens (tertiary/aromatic N) is 1. The quantitative estimate of drug-likeness (QED) is 0.557. The van der Waals surface area contributed by atoms with Crippen LogP contribution in [-0.2, 0) is 4.74 Å². The summed E-state index contributed by atoms with van der Waals surface area (Å²) in [5.74, 6) is -0.282. The SMILES string of the molecule is CCCN(CCC)Sc1cccc(C(=O)OC)c1. The van der Waals surface area contributed by atoms with Crippen LogP contribution in [0.5, 0.6) is 0 Å². The van der Waals surface area contributed by atoms with Crippen LogP contribution in [0.25, 0.3) is 0 Å². The first-order chi connectivity index (χ1) is 8.71. The molecule has 0 aliphatic carbocycles. The van der Waals surface area contributed by atoms with Gasteiger partial charge in [0.1, 0.15) is 0 Å². The van der Waals surface area contributed by atoms with Crippen molar-refractivity contribution in [2.45, 2.75) is 31.6 Å². The molecular formula is C14H21NO2S. The van der Waals surface area contributed by atoms with Gasteiger partial charge in [-0.15, -0.1) is 0 Å². The summed E-state index contributed by atoms with van der Waals surface area (Å²) in [5.41, 5.74) is 0.607. The molecule has 0 amide bonds. The normalized spacial score (nSPS) is 10.7. The highest BCUT2D eigenvalue weighted by Crippen LogP contribution is 2.24. The lowest BCUT2D eigenvalue weighted by Crippen LogP contribution is -2.17. The molecule has 0 unspecified atom stereocenters. The maximum atomic E-state index is 11.5. The minimum atomic E-state index is -0.282. The highest BCUT2D eigenvalue weighted by molar-refractivity contribution is 7.97. The second kappa shape index (κ2) is 8.16. The predicted octanol–water partition coefficient (Wildman–Crippen LogP) is 3.60. The van der Waals surface area contributed by atoms with Crippen LogP contribution in [0, 0.1) is 0 Å². The molecular weight excluding hydrogens is 246 g/mol. The summed E-state index contributed by atoms with van der Waals surface area (Å²) in [6.45, 7) is 6.46. The Bertz CT molecular complexity index is 376. The second-order valence-electron chi connectivity index (χ2n) is 4.04. The zero-order chi connectivity index (χ0) is 13.4. The van der Waals surface area contributed by atoms with Gasteiger partial charge in [-0.1, -0.05) is 19.9 Å². The van der Waals surface area contributed by atoms with Gasteiger partial charge in [0, 0.05) is 18.0 Å². The van der Waals surface area contributed by atoms with Gasteiger partial charge in [0.2, 0.25) is 0 Å². The zero-order valence-electron chi connectivity index (χ0n) is 11.3. The van der Waals surface area contributed by atoms with Gasteiger partial charge in [0.25, 0.3) is 0 Å². The van der Waals surface area contributed by atoms with Crippen LogP contribution in [0.3, 0.4) is 0 Å². The zero-order valence-corrected chi connectivity index (χ0v) is 12.1. The first kappa shape index (κ1) is 15.1. The molecule has 1 aromatic carbocycles. The molecule has 0 fully saturated rings. The van der Waals surface area contributed by atoms with Gasteiger partial charge in [0.15, 0.2) is 0 Å². The Morgan fingerprint density at radius 2 is 1.94 bits per heavy atom. The van der Waals surface area contributed by atoms with Gasteiger partial charge in [-0.05, 0) is 43.0 Å². The van der Waals surface area contributed by atoms with Crippen molar-refractivity contribution in [2.24, 2.45) is 0 Å². The fourth-order valence-electron chi connectivity index (χ4n) is 1.65. The van der Waals surface area contributed by atoms with Crippen molar-refractivity contribution in [3.05, 3.63) is 29.8 Å². The topological polar surface area (TPSA) is 29.5 Å². The number of carbonyl (C=O) groups is 1. The standard InChI is InChI=1S/C14H21NO2S/c1-4-9-15(10-5-2)18-13-8-6-7-12(11-13)14(16)17-3/h6-8,11H,4-5,9-10H2,1-3H3. The molecule has 0 aromatic heterocycles. The van der Waals surface area contributed by atoms with Crippen molar-refractivity contribution >= 4 is 17.9 Å². The molecule has 0 spiro atoms. The van der Waals surface area contributed by atoms with Crippen LogP contribution in [-0.4, -0.2) is 30.5 Å². The number of hydrogen-bond donors (Lipinski definition) is 0. The van der Waals surface area contributed by atoms with E-state index >= 15 is 0 Å². The van der Waals surface area contributed by atoms with Crippen LogP contribution in [0.4, 0.5) is 0 Å². The Kier molecular flexibility index (Phi) is 6.83. The molecule has 0 radical (unpaired) electrons. The molecule has 100 valence electrons. The van der Waals surface area contributed by atoms with Crippen molar-refractivity contribution in [2.75, 3.05) is 20.2 Å². The number of esters is 1. The summed E-state index contributed by atoms with van der Waals surface area (Å²) < 4.78 is 7.06.